The highest BCUT2D eigenvalue weighted by Crippen LogP contribution is 2.27. The molecule has 0 aliphatic heterocycles. The Bertz CT molecular complexity index is 748. The van der Waals surface area contributed by atoms with Gasteiger partial charge in [-0.25, -0.2) is 9.78 Å². The van der Waals surface area contributed by atoms with Gasteiger partial charge < -0.3 is 4.74 Å². The Labute approximate surface area is 126 Å². The van der Waals surface area contributed by atoms with Gasteiger partial charge in [0.15, 0.2) is 0 Å². The fraction of sp³-hybridized carbons (Fsp3) is 0.0588. The molecule has 4 heteroatoms. The average molecular weight is 295 g/mol. The third kappa shape index (κ3) is 3.17. The predicted molar refractivity (Wildman–Crippen MR) is 83.7 cm³/mol. The van der Waals surface area contributed by atoms with Crippen molar-refractivity contribution in [3.8, 4) is 16.5 Å². The molecule has 3 nitrogen and oxygen atoms in total. The van der Waals surface area contributed by atoms with Crippen LogP contribution in [0.2, 0.25) is 0 Å². The number of aryl methyl sites for hydroxylation is 1. The zero-order valence-electron chi connectivity index (χ0n) is 11.4. The normalized spacial score (nSPS) is 10.3. The van der Waals surface area contributed by atoms with Gasteiger partial charge in [-0.15, -0.1) is 0 Å². The van der Waals surface area contributed by atoms with Gasteiger partial charge in [0.05, 0.1) is 11.3 Å². The van der Waals surface area contributed by atoms with Crippen LogP contribution in [0.1, 0.15) is 15.9 Å². The minimum atomic E-state index is -0.389. The number of carbonyl (C=O) groups excluding carboxylic acids is 1. The van der Waals surface area contributed by atoms with Crippen molar-refractivity contribution >= 4 is 17.3 Å². The summed E-state index contributed by atoms with van der Waals surface area (Å²) in [5.41, 5.74) is 3.55. The third-order valence-corrected chi connectivity index (χ3v) is 3.74. The molecule has 0 unspecified atom stereocenters. The molecule has 3 aromatic rings. The molecule has 0 aliphatic carbocycles. The lowest BCUT2D eigenvalue weighted by Gasteiger charge is -2.00. The number of carbonyl (C=O) groups is 1. The number of aromatic nitrogens is 1. The number of hydrogen-bond donors (Lipinski definition) is 0. The summed E-state index contributed by atoms with van der Waals surface area (Å²) in [4.78, 5) is 16.3. The summed E-state index contributed by atoms with van der Waals surface area (Å²) in [6.45, 7) is 2.04. The van der Waals surface area contributed by atoms with E-state index in [1.807, 2.05) is 42.6 Å². The molecule has 2 aromatic carbocycles. The van der Waals surface area contributed by atoms with E-state index >= 15 is 0 Å². The van der Waals surface area contributed by atoms with Crippen LogP contribution in [0.25, 0.3) is 11.3 Å². The maximum atomic E-state index is 11.9. The summed E-state index contributed by atoms with van der Waals surface area (Å²) < 4.78 is 5.29. The van der Waals surface area contributed by atoms with E-state index in [-0.39, 0.29) is 5.97 Å². The number of hydrogen-bond acceptors (Lipinski definition) is 4. The Balaban J connectivity index is 1.76. The van der Waals surface area contributed by atoms with Crippen molar-refractivity contribution in [1.82, 2.24) is 4.98 Å². The van der Waals surface area contributed by atoms with Crippen molar-refractivity contribution in [2.24, 2.45) is 0 Å². The molecule has 0 bridgehead atoms. The molecule has 0 spiro atoms. The molecule has 0 aliphatic rings. The number of esters is 1. The second-order valence-corrected chi connectivity index (χ2v) is 5.44. The minimum Gasteiger partial charge on any atom is -0.394 e. The van der Waals surface area contributed by atoms with E-state index in [1.165, 1.54) is 16.9 Å². The predicted octanol–water partition coefficient (Wildman–Crippen LogP) is 4.34. The largest absolute Gasteiger partial charge is 0.394 e. The van der Waals surface area contributed by atoms with Gasteiger partial charge in [0, 0.05) is 10.9 Å². The minimum absolute atomic E-state index is 0.361. The Morgan fingerprint density at radius 1 is 1.05 bits per heavy atom. The second-order valence-electron chi connectivity index (χ2n) is 4.62. The van der Waals surface area contributed by atoms with Gasteiger partial charge in [-0.1, -0.05) is 59.4 Å². The highest BCUT2D eigenvalue weighted by atomic mass is 32.1. The maximum Gasteiger partial charge on any atom is 0.345 e. The van der Waals surface area contributed by atoms with Crippen LogP contribution < -0.4 is 4.74 Å². The SMILES string of the molecule is Cc1ccc(-c2csc(OC(=O)c3ccccc3)n2)cc1. The second kappa shape index (κ2) is 5.89. The number of thiazole rings is 1. The smallest absolute Gasteiger partial charge is 0.345 e. The van der Waals surface area contributed by atoms with E-state index < -0.39 is 0 Å². The molecule has 0 N–H and O–H groups in total. The van der Waals surface area contributed by atoms with E-state index in [2.05, 4.69) is 4.98 Å². The zero-order chi connectivity index (χ0) is 14.7. The van der Waals surface area contributed by atoms with Crippen LogP contribution in [-0.2, 0) is 0 Å². The first-order valence-corrected chi connectivity index (χ1v) is 7.40. The fourth-order valence-corrected chi connectivity index (χ4v) is 2.55. The molecule has 0 saturated heterocycles. The standard InChI is InChI=1S/C17H13NO2S/c1-12-7-9-13(10-8-12)15-11-21-17(18-15)20-16(19)14-5-3-2-4-6-14/h2-11H,1H3. The Hall–Kier alpha value is -2.46. The molecule has 21 heavy (non-hydrogen) atoms. The molecule has 0 atom stereocenters. The number of benzene rings is 2. The van der Waals surface area contributed by atoms with Gasteiger partial charge in [-0.3, -0.25) is 0 Å². The summed E-state index contributed by atoms with van der Waals surface area (Å²) in [6.07, 6.45) is 0. The van der Waals surface area contributed by atoms with Gasteiger partial charge in [-0.05, 0) is 19.1 Å². The third-order valence-electron chi connectivity index (χ3n) is 3.02. The van der Waals surface area contributed by atoms with E-state index in [0.717, 1.165) is 11.3 Å². The number of ether oxygens (including phenoxy) is 1. The molecule has 1 heterocycles. The zero-order valence-corrected chi connectivity index (χ0v) is 12.3. The van der Waals surface area contributed by atoms with Crippen LogP contribution in [0.4, 0.5) is 0 Å². The highest BCUT2D eigenvalue weighted by molar-refractivity contribution is 7.11. The van der Waals surface area contributed by atoms with Crippen LogP contribution >= 0.6 is 11.3 Å². The van der Waals surface area contributed by atoms with Gasteiger partial charge in [0.25, 0.3) is 5.19 Å². The topological polar surface area (TPSA) is 39.2 Å². The highest BCUT2D eigenvalue weighted by Gasteiger charge is 2.11. The van der Waals surface area contributed by atoms with E-state index in [0.29, 0.717) is 10.8 Å². The maximum absolute atomic E-state index is 11.9. The fourth-order valence-electron chi connectivity index (χ4n) is 1.87. The van der Waals surface area contributed by atoms with Gasteiger partial charge >= 0.3 is 5.97 Å². The molecular formula is C17H13NO2S. The molecule has 3 rings (SSSR count). The molecule has 0 saturated carbocycles. The van der Waals surface area contributed by atoms with Crippen molar-refractivity contribution in [1.29, 1.82) is 0 Å². The Kier molecular flexibility index (Phi) is 3.79. The lowest BCUT2D eigenvalue weighted by Crippen LogP contribution is -2.07. The monoisotopic (exact) mass is 295 g/mol. The van der Waals surface area contributed by atoms with Crippen LogP contribution in [0, 0.1) is 6.92 Å². The summed E-state index contributed by atoms with van der Waals surface area (Å²) in [5.74, 6) is -0.389. The number of nitrogens with zero attached hydrogens (tertiary/aromatic N) is 1. The Morgan fingerprint density at radius 3 is 2.48 bits per heavy atom. The molecule has 0 fully saturated rings. The first kappa shape index (κ1) is 13.5. The van der Waals surface area contributed by atoms with Crippen LogP contribution in [-0.4, -0.2) is 11.0 Å². The van der Waals surface area contributed by atoms with E-state index in [4.69, 9.17) is 4.74 Å². The first-order chi connectivity index (χ1) is 10.2. The van der Waals surface area contributed by atoms with Gasteiger partial charge in [-0.2, -0.15) is 0 Å². The van der Waals surface area contributed by atoms with Crippen molar-refractivity contribution in [2.75, 3.05) is 0 Å². The lowest BCUT2D eigenvalue weighted by atomic mass is 10.1. The first-order valence-electron chi connectivity index (χ1n) is 6.52. The summed E-state index contributed by atoms with van der Waals surface area (Å²) in [6, 6.07) is 17.0. The van der Waals surface area contributed by atoms with E-state index in [1.54, 1.807) is 24.3 Å². The summed E-state index contributed by atoms with van der Waals surface area (Å²) in [5, 5.41) is 2.25. The average Bonchev–Trinajstić information content (AvgIpc) is 2.97. The van der Waals surface area contributed by atoms with Crippen molar-refractivity contribution in [2.45, 2.75) is 6.92 Å². The van der Waals surface area contributed by atoms with Crippen LogP contribution in [0.5, 0.6) is 5.19 Å². The molecule has 0 amide bonds. The van der Waals surface area contributed by atoms with Gasteiger partial charge in [0.2, 0.25) is 0 Å². The number of rotatable bonds is 3. The molecule has 104 valence electrons. The summed E-state index contributed by atoms with van der Waals surface area (Å²) in [7, 11) is 0. The lowest BCUT2D eigenvalue weighted by molar-refractivity contribution is 0.0734. The quantitative estimate of drug-likeness (QED) is 0.675. The van der Waals surface area contributed by atoms with Crippen LogP contribution in [0.15, 0.2) is 60.0 Å². The molecule has 0 radical (unpaired) electrons. The van der Waals surface area contributed by atoms with E-state index in [9.17, 15) is 4.79 Å². The van der Waals surface area contributed by atoms with Crippen molar-refractivity contribution in [3.05, 3.63) is 71.1 Å². The van der Waals surface area contributed by atoms with Crippen molar-refractivity contribution in [3.63, 3.8) is 0 Å². The molecular weight excluding hydrogens is 282 g/mol. The van der Waals surface area contributed by atoms with Crippen LogP contribution in [0.3, 0.4) is 0 Å². The van der Waals surface area contributed by atoms with Gasteiger partial charge in [0.1, 0.15) is 0 Å². The Morgan fingerprint density at radius 2 is 1.76 bits per heavy atom. The summed E-state index contributed by atoms with van der Waals surface area (Å²) >= 11 is 1.32. The van der Waals surface area contributed by atoms with Crippen molar-refractivity contribution < 1.29 is 9.53 Å². The molecule has 1 aromatic heterocycles.